The number of hydrogen-bond acceptors (Lipinski definition) is 5. The average Bonchev–Trinajstić information content (AvgIpc) is 2.52. The van der Waals surface area contributed by atoms with E-state index in [9.17, 15) is 9.59 Å². The number of likely N-dealkylation sites (tertiary alicyclic amines) is 1. The number of carbonyl (C=O) groups excluding carboxylic acids is 2. The van der Waals surface area contributed by atoms with Gasteiger partial charge in [0.25, 0.3) is 0 Å². The molecule has 2 aliphatic rings. The molecule has 7 heteroatoms. The molecule has 2 saturated heterocycles. The van der Waals surface area contributed by atoms with Crippen LogP contribution in [-0.2, 0) is 14.3 Å². The van der Waals surface area contributed by atoms with Crippen LogP contribution in [0.1, 0.15) is 33.6 Å². The summed E-state index contributed by atoms with van der Waals surface area (Å²) in [5.74, 6) is 0.0300. The number of amides is 2. The van der Waals surface area contributed by atoms with E-state index in [1.54, 1.807) is 7.11 Å². The molecular formula is C17H31N3O4. The molecule has 0 bridgehead atoms. The van der Waals surface area contributed by atoms with E-state index in [-0.39, 0.29) is 18.5 Å². The Kier molecular flexibility index (Phi) is 6.46. The quantitative estimate of drug-likeness (QED) is 0.768. The number of hydrogen-bond donors (Lipinski definition) is 0. The molecule has 2 aliphatic heterocycles. The molecule has 2 fully saturated rings. The zero-order chi connectivity index (χ0) is 17.7. The van der Waals surface area contributed by atoms with E-state index in [0.29, 0.717) is 13.1 Å². The second-order valence-electron chi connectivity index (χ2n) is 7.55. The summed E-state index contributed by atoms with van der Waals surface area (Å²) < 4.78 is 10.5. The molecule has 2 heterocycles. The number of piperazine rings is 1. The summed E-state index contributed by atoms with van der Waals surface area (Å²) >= 11 is 0. The lowest BCUT2D eigenvalue weighted by Gasteiger charge is -2.42. The van der Waals surface area contributed by atoms with E-state index in [0.717, 1.165) is 39.1 Å². The molecule has 2 amide bonds. The van der Waals surface area contributed by atoms with Gasteiger partial charge in [-0.25, -0.2) is 4.79 Å². The van der Waals surface area contributed by atoms with Crippen molar-refractivity contribution in [2.24, 2.45) is 0 Å². The maximum Gasteiger partial charge on any atom is 0.410 e. The fourth-order valence-corrected chi connectivity index (χ4v) is 3.23. The van der Waals surface area contributed by atoms with Crippen LogP contribution >= 0.6 is 0 Å². The molecule has 0 spiro atoms. The number of carbonyl (C=O) groups is 2. The third kappa shape index (κ3) is 5.34. The Balaban J connectivity index is 1.80. The lowest BCUT2D eigenvalue weighted by molar-refractivity contribution is -0.139. The first-order valence-electron chi connectivity index (χ1n) is 8.79. The first kappa shape index (κ1) is 19.0. The van der Waals surface area contributed by atoms with E-state index in [4.69, 9.17) is 9.47 Å². The first-order valence-corrected chi connectivity index (χ1v) is 8.79. The molecule has 0 saturated carbocycles. The highest BCUT2D eigenvalue weighted by Crippen LogP contribution is 2.20. The van der Waals surface area contributed by atoms with Crippen LogP contribution < -0.4 is 0 Å². The number of ether oxygens (including phenoxy) is 2. The van der Waals surface area contributed by atoms with Gasteiger partial charge in [0, 0.05) is 45.9 Å². The molecule has 7 nitrogen and oxygen atoms in total. The summed E-state index contributed by atoms with van der Waals surface area (Å²) in [6.45, 7) is 10.5. The van der Waals surface area contributed by atoms with Gasteiger partial charge in [0.05, 0.1) is 6.61 Å². The summed E-state index contributed by atoms with van der Waals surface area (Å²) in [4.78, 5) is 30.4. The summed E-state index contributed by atoms with van der Waals surface area (Å²) in [5.41, 5.74) is -0.535. The first-order chi connectivity index (χ1) is 11.3. The van der Waals surface area contributed by atoms with E-state index in [1.165, 1.54) is 4.90 Å². The van der Waals surface area contributed by atoms with E-state index >= 15 is 0 Å². The lowest BCUT2D eigenvalue weighted by Crippen LogP contribution is -2.57. The van der Waals surface area contributed by atoms with Gasteiger partial charge < -0.3 is 19.3 Å². The van der Waals surface area contributed by atoms with Crippen molar-refractivity contribution in [3.05, 3.63) is 0 Å². The Hall–Kier alpha value is -1.34. The molecule has 0 atom stereocenters. The van der Waals surface area contributed by atoms with Crippen LogP contribution in [-0.4, -0.2) is 91.3 Å². The third-order valence-corrected chi connectivity index (χ3v) is 4.52. The maximum atomic E-state index is 12.5. The van der Waals surface area contributed by atoms with Crippen molar-refractivity contribution < 1.29 is 19.1 Å². The smallest absolute Gasteiger partial charge is 0.410 e. The molecule has 24 heavy (non-hydrogen) atoms. The number of piperidine rings is 1. The predicted molar refractivity (Wildman–Crippen MR) is 90.9 cm³/mol. The SMILES string of the molecule is COCCN1CCC(N2CCN(C(=O)OC(C)(C)C)CC2=O)CC1. The second kappa shape index (κ2) is 8.16. The number of nitrogens with zero attached hydrogens (tertiary/aromatic N) is 3. The van der Waals surface area contributed by atoms with Gasteiger partial charge in [-0.15, -0.1) is 0 Å². The average molecular weight is 341 g/mol. The van der Waals surface area contributed by atoms with Crippen LogP contribution in [0.2, 0.25) is 0 Å². The molecule has 0 aromatic carbocycles. The van der Waals surface area contributed by atoms with Crippen LogP contribution in [0.3, 0.4) is 0 Å². The Bertz CT molecular complexity index is 442. The Morgan fingerprint density at radius 1 is 1.17 bits per heavy atom. The lowest BCUT2D eigenvalue weighted by atomic mass is 10.0. The number of rotatable bonds is 4. The highest BCUT2D eigenvalue weighted by atomic mass is 16.6. The molecule has 0 aliphatic carbocycles. The fourth-order valence-electron chi connectivity index (χ4n) is 3.23. The minimum atomic E-state index is -0.535. The molecule has 0 unspecified atom stereocenters. The largest absolute Gasteiger partial charge is 0.444 e. The maximum absolute atomic E-state index is 12.5. The zero-order valence-corrected chi connectivity index (χ0v) is 15.4. The summed E-state index contributed by atoms with van der Waals surface area (Å²) in [5, 5.41) is 0. The van der Waals surface area contributed by atoms with Gasteiger partial charge in [-0.3, -0.25) is 9.69 Å². The van der Waals surface area contributed by atoms with Crippen molar-refractivity contribution in [3.63, 3.8) is 0 Å². The fraction of sp³-hybridized carbons (Fsp3) is 0.882. The Labute approximate surface area is 144 Å². The van der Waals surface area contributed by atoms with Crippen LogP contribution in [0.15, 0.2) is 0 Å². The van der Waals surface area contributed by atoms with Crippen molar-refractivity contribution in [1.82, 2.24) is 14.7 Å². The van der Waals surface area contributed by atoms with Gasteiger partial charge in [-0.05, 0) is 33.6 Å². The highest BCUT2D eigenvalue weighted by Gasteiger charge is 2.34. The molecular weight excluding hydrogens is 310 g/mol. The summed E-state index contributed by atoms with van der Waals surface area (Å²) in [7, 11) is 1.72. The molecule has 0 aromatic heterocycles. The van der Waals surface area contributed by atoms with Crippen LogP contribution in [0.25, 0.3) is 0 Å². The molecule has 0 N–H and O–H groups in total. The van der Waals surface area contributed by atoms with Crippen molar-refractivity contribution in [1.29, 1.82) is 0 Å². The molecule has 138 valence electrons. The van der Waals surface area contributed by atoms with Gasteiger partial charge in [0.2, 0.25) is 5.91 Å². The Morgan fingerprint density at radius 2 is 1.83 bits per heavy atom. The van der Waals surface area contributed by atoms with Gasteiger partial charge in [-0.1, -0.05) is 0 Å². The van der Waals surface area contributed by atoms with E-state index in [1.807, 2.05) is 25.7 Å². The molecule has 2 rings (SSSR count). The number of methoxy groups -OCH3 is 1. The van der Waals surface area contributed by atoms with Crippen molar-refractivity contribution >= 4 is 12.0 Å². The van der Waals surface area contributed by atoms with Crippen LogP contribution in [0, 0.1) is 0 Å². The van der Waals surface area contributed by atoms with Crippen LogP contribution in [0.5, 0.6) is 0 Å². The highest BCUT2D eigenvalue weighted by molar-refractivity contribution is 5.83. The standard InChI is InChI=1S/C17H31N3O4/c1-17(2,3)24-16(22)19-9-10-20(15(21)13-19)14-5-7-18(8-6-14)11-12-23-4/h14H,5-13H2,1-4H3. The predicted octanol–water partition coefficient (Wildman–Crippen LogP) is 1.18. The third-order valence-electron chi connectivity index (χ3n) is 4.52. The minimum Gasteiger partial charge on any atom is -0.444 e. The zero-order valence-electron chi connectivity index (χ0n) is 15.4. The van der Waals surface area contributed by atoms with E-state index in [2.05, 4.69) is 4.90 Å². The summed E-state index contributed by atoms with van der Waals surface area (Å²) in [6.07, 6.45) is 1.58. The van der Waals surface area contributed by atoms with Gasteiger partial charge in [0.1, 0.15) is 12.1 Å². The van der Waals surface area contributed by atoms with Gasteiger partial charge in [0.15, 0.2) is 0 Å². The van der Waals surface area contributed by atoms with E-state index < -0.39 is 11.7 Å². The van der Waals surface area contributed by atoms with Gasteiger partial charge >= 0.3 is 6.09 Å². The topological polar surface area (TPSA) is 62.3 Å². The van der Waals surface area contributed by atoms with Crippen LogP contribution in [0.4, 0.5) is 4.79 Å². The van der Waals surface area contributed by atoms with Crippen molar-refractivity contribution in [3.8, 4) is 0 Å². The van der Waals surface area contributed by atoms with Crippen molar-refractivity contribution in [2.45, 2.75) is 45.3 Å². The van der Waals surface area contributed by atoms with Crippen molar-refractivity contribution in [2.75, 3.05) is 53.0 Å². The summed E-state index contributed by atoms with van der Waals surface area (Å²) in [6, 6.07) is 0.289. The minimum absolute atomic E-state index is 0.0300. The monoisotopic (exact) mass is 341 g/mol. The Morgan fingerprint density at radius 3 is 2.38 bits per heavy atom. The van der Waals surface area contributed by atoms with Gasteiger partial charge in [-0.2, -0.15) is 0 Å². The normalized spacial score (nSPS) is 21.2. The second-order valence-corrected chi connectivity index (χ2v) is 7.55. The molecule has 0 aromatic rings. The molecule has 0 radical (unpaired) electrons.